The molecular weight excluding hydrogens is 232 g/mol. The summed E-state index contributed by atoms with van der Waals surface area (Å²) in [6.45, 7) is 2.28. The summed E-state index contributed by atoms with van der Waals surface area (Å²) in [7, 11) is 4.00. The first-order valence-electron chi connectivity index (χ1n) is 5.95. The summed E-state index contributed by atoms with van der Waals surface area (Å²) < 4.78 is 10.4. The molecule has 1 aromatic rings. The first-order chi connectivity index (χ1) is 8.66. The second-order valence-corrected chi connectivity index (χ2v) is 4.47. The molecule has 0 aliphatic carbocycles. The van der Waals surface area contributed by atoms with E-state index >= 15 is 0 Å². The number of ketones is 1. The topological polar surface area (TPSA) is 50.8 Å². The Morgan fingerprint density at radius 2 is 2.11 bits per heavy atom. The molecule has 1 N–H and O–H groups in total. The Bertz CT molecular complexity index is 432. The first kappa shape index (κ1) is 12.9. The number of carbonyl (C=O) groups is 1. The Kier molecular flexibility index (Phi) is 4.17. The first-order valence-corrected chi connectivity index (χ1v) is 5.95. The van der Waals surface area contributed by atoms with E-state index in [2.05, 4.69) is 10.2 Å². The fraction of sp³-hybridized carbons (Fsp3) is 0.462. The van der Waals surface area contributed by atoms with Crippen molar-refractivity contribution in [3.05, 3.63) is 23.8 Å². The van der Waals surface area contributed by atoms with E-state index in [-0.39, 0.29) is 12.6 Å². The second kappa shape index (κ2) is 5.84. The van der Waals surface area contributed by atoms with E-state index in [1.165, 1.54) is 0 Å². The smallest absolute Gasteiger partial charge is 0.231 e. The third kappa shape index (κ3) is 3.21. The Morgan fingerprint density at radius 3 is 2.89 bits per heavy atom. The van der Waals surface area contributed by atoms with Gasteiger partial charge in [-0.05, 0) is 32.3 Å². The number of carbonyl (C=O) groups excluding carboxylic acids is 1. The van der Waals surface area contributed by atoms with Crippen molar-refractivity contribution in [3.63, 3.8) is 0 Å². The lowest BCUT2D eigenvalue weighted by molar-refractivity contribution is 0.0990. The van der Waals surface area contributed by atoms with Gasteiger partial charge < -0.3 is 19.7 Å². The summed E-state index contributed by atoms with van der Waals surface area (Å²) in [5.74, 6) is 1.41. The number of hydrogen-bond acceptors (Lipinski definition) is 5. The van der Waals surface area contributed by atoms with E-state index in [9.17, 15) is 4.79 Å². The molecule has 1 aliphatic heterocycles. The number of ether oxygens (including phenoxy) is 2. The number of nitrogens with zero attached hydrogens (tertiary/aromatic N) is 1. The third-order valence-electron chi connectivity index (χ3n) is 2.72. The van der Waals surface area contributed by atoms with Crippen LogP contribution in [0.3, 0.4) is 0 Å². The molecule has 1 heterocycles. The van der Waals surface area contributed by atoms with E-state index in [0.717, 1.165) is 13.1 Å². The van der Waals surface area contributed by atoms with Crippen molar-refractivity contribution in [1.82, 2.24) is 10.2 Å². The maximum absolute atomic E-state index is 11.9. The number of rotatable bonds is 6. The normalized spacial score (nSPS) is 13.1. The number of hydrogen-bond donors (Lipinski definition) is 1. The molecule has 0 atom stereocenters. The van der Waals surface area contributed by atoms with Crippen LogP contribution in [0.4, 0.5) is 0 Å². The molecule has 5 heteroatoms. The quantitative estimate of drug-likeness (QED) is 0.596. The van der Waals surface area contributed by atoms with Gasteiger partial charge in [0.05, 0.1) is 6.54 Å². The van der Waals surface area contributed by atoms with Gasteiger partial charge in [-0.3, -0.25) is 4.79 Å². The van der Waals surface area contributed by atoms with Gasteiger partial charge in [0.1, 0.15) is 0 Å². The van der Waals surface area contributed by atoms with Gasteiger partial charge in [-0.2, -0.15) is 0 Å². The lowest BCUT2D eigenvalue weighted by Crippen LogP contribution is -2.30. The number of benzene rings is 1. The van der Waals surface area contributed by atoms with Crippen LogP contribution in [0.1, 0.15) is 10.4 Å². The SMILES string of the molecule is CN(C)CCNCC(=O)c1ccc2c(c1)OCO2. The standard InChI is InChI=1S/C13H18N2O3/c1-15(2)6-5-14-8-11(16)10-3-4-12-13(7-10)18-9-17-12/h3-4,7,14H,5-6,8-9H2,1-2H3. The molecule has 0 amide bonds. The van der Waals surface area contributed by atoms with Crippen LogP contribution in [0.5, 0.6) is 11.5 Å². The van der Waals surface area contributed by atoms with Crippen molar-refractivity contribution in [2.24, 2.45) is 0 Å². The lowest BCUT2D eigenvalue weighted by atomic mass is 10.1. The van der Waals surface area contributed by atoms with Crippen molar-refractivity contribution in [2.45, 2.75) is 0 Å². The predicted molar refractivity (Wildman–Crippen MR) is 68.3 cm³/mol. The van der Waals surface area contributed by atoms with Crippen LogP contribution < -0.4 is 14.8 Å². The molecule has 0 saturated heterocycles. The van der Waals surface area contributed by atoms with Gasteiger partial charge in [0, 0.05) is 18.7 Å². The monoisotopic (exact) mass is 250 g/mol. The highest BCUT2D eigenvalue weighted by Gasteiger charge is 2.15. The highest BCUT2D eigenvalue weighted by molar-refractivity contribution is 5.98. The summed E-state index contributed by atoms with van der Waals surface area (Å²) >= 11 is 0. The molecule has 0 radical (unpaired) electrons. The van der Waals surface area contributed by atoms with Gasteiger partial charge in [0.2, 0.25) is 6.79 Å². The summed E-state index contributed by atoms with van der Waals surface area (Å²) in [5, 5.41) is 3.12. The molecule has 0 bridgehead atoms. The van der Waals surface area contributed by atoms with E-state index in [1.54, 1.807) is 18.2 Å². The summed E-state index contributed by atoms with van der Waals surface area (Å²) in [6, 6.07) is 5.27. The van der Waals surface area contributed by atoms with Crippen LogP contribution in [0.25, 0.3) is 0 Å². The largest absolute Gasteiger partial charge is 0.454 e. The van der Waals surface area contributed by atoms with Crippen molar-refractivity contribution < 1.29 is 14.3 Å². The van der Waals surface area contributed by atoms with Crippen molar-refractivity contribution >= 4 is 5.78 Å². The Labute approximate surface area is 107 Å². The summed E-state index contributed by atoms with van der Waals surface area (Å²) in [4.78, 5) is 14.0. The molecule has 1 aromatic carbocycles. The van der Waals surface area contributed by atoms with Gasteiger partial charge in [0.15, 0.2) is 17.3 Å². The van der Waals surface area contributed by atoms with Crippen molar-refractivity contribution in [2.75, 3.05) is 40.5 Å². The van der Waals surface area contributed by atoms with E-state index < -0.39 is 0 Å². The van der Waals surface area contributed by atoms with E-state index in [0.29, 0.717) is 23.6 Å². The molecule has 0 fully saturated rings. The average molecular weight is 250 g/mol. The van der Waals surface area contributed by atoms with Crippen LogP contribution in [-0.4, -0.2) is 51.2 Å². The van der Waals surface area contributed by atoms with Gasteiger partial charge >= 0.3 is 0 Å². The molecule has 0 saturated carbocycles. The fourth-order valence-electron chi connectivity index (χ4n) is 1.68. The minimum absolute atomic E-state index is 0.0621. The van der Waals surface area contributed by atoms with Crippen molar-refractivity contribution in [3.8, 4) is 11.5 Å². The minimum atomic E-state index is 0.0621. The molecule has 2 rings (SSSR count). The maximum atomic E-state index is 11.9. The van der Waals surface area contributed by atoms with Gasteiger partial charge in [-0.15, -0.1) is 0 Å². The van der Waals surface area contributed by atoms with E-state index in [4.69, 9.17) is 9.47 Å². The average Bonchev–Trinajstić information content (AvgIpc) is 2.81. The molecule has 0 aromatic heterocycles. The molecule has 0 spiro atoms. The molecular formula is C13H18N2O3. The van der Waals surface area contributed by atoms with Gasteiger partial charge in [-0.25, -0.2) is 0 Å². The van der Waals surface area contributed by atoms with Crippen LogP contribution >= 0.6 is 0 Å². The maximum Gasteiger partial charge on any atom is 0.231 e. The zero-order valence-electron chi connectivity index (χ0n) is 10.7. The third-order valence-corrected chi connectivity index (χ3v) is 2.72. The molecule has 0 unspecified atom stereocenters. The molecule has 1 aliphatic rings. The zero-order valence-corrected chi connectivity index (χ0v) is 10.7. The molecule has 5 nitrogen and oxygen atoms in total. The zero-order chi connectivity index (χ0) is 13.0. The van der Waals surface area contributed by atoms with Crippen LogP contribution in [0, 0.1) is 0 Å². The lowest BCUT2D eigenvalue weighted by Gasteiger charge is -2.10. The van der Waals surface area contributed by atoms with Crippen molar-refractivity contribution in [1.29, 1.82) is 0 Å². The van der Waals surface area contributed by atoms with Crippen LogP contribution in [-0.2, 0) is 0 Å². The fourth-order valence-corrected chi connectivity index (χ4v) is 1.68. The minimum Gasteiger partial charge on any atom is -0.454 e. The number of nitrogens with one attached hydrogen (secondary N) is 1. The Balaban J connectivity index is 1.85. The number of likely N-dealkylation sites (N-methyl/N-ethyl adjacent to an activating group) is 1. The molecule has 18 heavy (non-hydrogen) atoms. The number of fused-ring (bicyclic) bond motifs is 1. The predicted octanol–water partition coefficient (Wildman–Crippen LogP) is 0.749. The highest BCUT2D eigenvalue weighted by atomic mass is 16.7. The number of Topliss-reactive ketones (excluding diaryl/α,β-unsaturated/α-hetero) is 1. The Hall–Kier alpha value is -1.59. The van der Waals surface area contributed by atoms with Gasteiger partial charge in [0.25, 0.3) is 0 Å². The summed E-state index contributed by atoms with van der Waals surface area (Å²) in [5.41, 5.74) is 0.650. The van der Waals surface area contributed by atoms with Crippen LogP contribution in [0.15, 0.2) is 18.2 Å². The van der Waals surface area contributed by atoms with Gasteiger partial charge in [-0.1, -0.05) is 0 Å². The van der Waals surface area contributed by atoms with E-state index in [1.807, 2.05) is 14.1 Å². The highest BCUT2D eigenvalue weighted by Crippen LogP contribution is 2.32. The summed E-state index contributed by atoms with van der Waals surface area (Å²) in [6.07, 6.45) is 0. The Morgan fingerprint density at radius 1 is 1.33 bits per heavy atom. The molecule has 98 valence electrons. The second-order valence-electron chi connectivity index (χ2n) is 4.47. The van der Waals surface area contributed by atoms with Crippen LogP contribution in [0.2, 0.25) is 0 Å².